The summed E-state index contributed by atoms with van der Waals surface area (Å²) in [6.45, 7) is 4.57. The SMILES string of the molecule is Cc1c(C(N)=O)cc(C(=O)CN2CCN(C(=O)c3ccc(N(C)C)cc3)CC2)n1Cc1ccco1. The summed E-state index contributed by atoms with van der Waals surface area (Å²) >= 11 is 0. The van der Waals surface area contributed by atoms with Crippen LogP contribution in [0.1, 0.15) is 42.7 Å². The number of piperazine rings is 1. The van der Waals surface area contributed by atoms with Gasteiger partial charge in [-0.3, -0.25) is 19.3 Å². The zero-order chi connectivity index (χ0) is 25.1. The molecule has 0 bridgehead atoms. The second kappa shape index (κ2) is 10.2. The maximum atomic E-state index is 13.2. The number of aromatic nitrogens is 1. The third-order valence-corrected chi connectivity index (χ3v) is 6.47. The number of nitrogens with zero attached hydrogens (tertiary/aromatic N) is 4. The van der Waals surface area contributed by atoms with Gasteiger partial charge in [0.15, 0.2) is 5.78 Å². The molecule has 3 aromatic rings. The summed E-state index contributed by atoms with van der Waals surface area (Å²) in [4.78, 5) is 43.9. The van der Waals surface area contributed by atoms with E-state index in [1.54, 1.807) is 29.9 Å². The number of nitrogens with two attached hydrogens (primary N) is 1. The van der Waals surface area contributed by atoms with Crippen LogP contribution in [0.5, 0.6) is 0 Å². The monoisotopic (exact) mass is 477 g/mol. The van der Waals surface area contributed by atoms with Crippen LogP contribution in [0.25, 0.3) is 0 Å². The normalized spacial score (nSPS) is 14.2. The van der Waals surface area contributed by atoms with E-state index in [0.717, 1.165) is 5.69 Å². The summed E-state index contributed by atoms with van der Waals surface area (Å²) in [5, 5.41) is 0. The van der Waals surface area contributed by atoms with Gasteiger partial charge in [-0.2, -0.15) is 0 Å². The van der Waals surface area contributed by atoms with Crippen molar-refractivity contribution in [1.82, 2.24) is 14.4 Å². The zero-order valence-electron chi connectivity index (χ0n) is 20.4. The second-order valence-corrected chi connectivity index (χ2v) is 8.99. The van der Waals surface area contributed by atoms with E-state index in [4.69, 9.17) is 10.2 Å². The molecule has 2 N–H and O–H groups in total. The minimum atomic E-state index is -0.569. The number of hydrogen-bond acceptors (Lipinski definition) is 6. The Kier molecular flexibility index (Phi) is 7.07. The molecule has 0 unspecified atom stereocenters. The highest BCUT2D eigenvalue weighted by Crippen LogP contribution is 2.20. The smallest absolute Gasteiger partial charge is 0.253 e. The molecule has 0 saturated carbocycles. The molecule has 9 heteroatoms. The molecule has 184 valence electrons. The van der Waals surface area contributed by atoms with Crippen molar-refractivity contribution in [3.63, 3.8) is 0 Å². The molecule has 0 aliphatic carbocycles. The number of benzene rings is 1. The standard InChI is InChI=1S/C26H31N5O4/c1-18-22(25(27)33)15-23(31(18)16-21-5-4-14-35-21)24(32)17-29-10-12-30(13-11-29)26(34)19-6-8-20(9-7-19)28(2)3/h4-9,14-15H,10-13,16-17H2,1-3H3,(H2,27,33). The van der Waals surface area contributed by atoms with Gasteiger partial charge in [-0.1, -0.05) is 0 Å². The molecule has 1 saturated heterocycles. The largest absolute Gasteiger partial charge is 0.467 e. The number of primary amides is 1. The van der Waals surface area contributed by atoms with Crippen molar-refractivity contribution in [1.29, 1.82) is 0 Å². The van der Waals surface area contributed by atoms with Gasteiger partial charge in [0.2, 0.25) is 0 Å². The van der Waals surface area contributed by atoms with E-state index in [1.807, 2.05) is 59.1 Å². The van der Waals surface area contributed by atoms with Crippen LogP contribution < -0.4 is 10.6 Å². The average Bonchev–Trinajstić information content (AvgIpc) is 3.47. The summed E-state index contributed by atoms with van der Waals surface area (Å²) in [6.07, 6.45) is 1.57. The average molecular weight is 478 g/mol. The molecule has 0 radical (unpaired) electrons. The summed E-state index contributed by atoms with van der Waals surface area (Å²) in [5.41, 5.74) is 8.61. The van der Waals surface area contributed by atoms with Crippen molar-refractivity contribution < 1.29 is 18.8 Å². The fourth-order valence-electron chi connectivity index (χ4n) is 4.37. The topological polar surface area (TPSA) is 105 Å². The lowest BCUT2D eigenvalue weighted by Crippen LogP contribution is -2.50. The van der Waals surface area contributed by atoms with Gasteiger partial charge in [-0.15, -0.1) is 0 Å². The van der Waals surface area contributed by atoms with E-state index < -0.39 is 5.91 Å². The van der Waals surface area contributed by atoms with E-state index >= 15 is 0 Å². The predicted molar refractivity (Wildman–Crippen MR) is 133 cm³/mol. The van der Waals surface area contributed by atoms with Crippen molar-refractivity contribution >= 4 is 23.3 Å². The summed E-state index contributed by atoms with van der Waals surface area (Å²) in [5.74, 6) is 0.00142. The van der Waals surface area contributed by atoms with E-state index in [9.17, 15) is 14.4 Å². The molecule has 9 nitrogen and oxygen atoms in total. The van der Waals surface area contributed by atoms with Crippen LogP contribution in [-0.2, 0) is 6.54 Å². The van der Waals surface area contributed by atoms with Gasteiger partial charge in [0, 0.05) is 57.2 Å². The minimum Gasteiger partial charge on any atom is -0.467 e. The van der Waals surface area contributed by atoms with Gasteiger partial charge >= 0.3 is 0 Å². The van der Waals surface area contributed by atoms with Crippen LogP contribution in [0.15, 0.2) is 53.1 Å². The summed E-state index contributed by atoms with van der Waals surface area (Å²) in [7, 11) is 3.92. The van der Waals surface area contributed by atoms with Gasteiger partial charge in [-0.25, -0.2) is 0 Å². The lowest BCUT2D eigenvalue weighted by atomic mass is 10.1. The Morgan fingerprint density at radius 2 is 1.71 bits per heavy atom. The second-order valence-electron chi connectivity index (χ2n) is 8.99. The first-order valence-electron chi connectivity index (χ1n) is 11.6. The fraction of sp³-hybridized carbons (Fsp3) is 0.346. The highest BCUT2D eigenvalue weighted by molar-refractivity contribution is 6.01. The maximum Gasteiger partial charge on any atom is 0.253 e. The van der Waals surface area contributed by atoms with E-state index in [-0.39, 0.29) is 18.2 Å². The number of anilines is 1. The Bertz CT molecular complexity index is 1200. The number of ketones is 1. The molecule has 1 fully saturated rings. The van der Waals surface area contributed by atoms with Crippen LogP contribution >= 0.6 is 0 Å². The molecule has 2 amide bonds. The van der Waals surface area contributed by atoms with Crippen molar-refractivity contribution in [2.45, 2.75) is 13.5 Å². The number of Topliss-reactive ketones (excluding diaryl/α,β-unsaturated/α-hetero) is 1. The first-order valence-corrected chi connectivity index (χ1v) is 11.6. The zero-order valence-corrected chi connectivity index (χ0v) is 20.4. The Labute approximate surface area is 204 Å². The van der Waals surface area contributed by atoms with Crippen molar-refractivity contribution in [3.05, 3.63) is 77.0 Å². The van der Waals surface area contributed by atoms with Crippen LogP contribution in [0.4, 0.5) is 5.69 Å². The van der Waals surface area contributed by atoms with Gasteiger partial charge in [-0.05, 0) is 49.4 Å². The molecule has 4 rings (SSSR count). The third kappa shape index (κ3) is 5.30. The van der Waals surface area contributed by atoms with Gasteiger partial charge in [0.1, 0.15) is 5.76 Å². The molecule has 1 aliphatic rings. The van der Waals surface area contributed by atoms with E-state index in [0.29, 0.717) is 61.0 Å². The molecule has 0 spiro atoms. The van der Waals surface area contributed by atoms with Gasteiger partial charge in [0.05, 0.1) is 30.6 Å². The van der Waals surface area contributed by atoms with Crippen molar-refractivity contribution in [3.8, 4) is 0 Å². The lowest BCUT2D eigenvalue weighted by Gasteiger charge is -2.34. The van der Waals surface area contributed by atoms with E-state index in [2.05, 4.69) is 0 Å². The highest BCUT2D eigenvalue weighted by atomic mass is 16.3. The van der Waals surface area contributed by atoms with Crippen molar-refractivity contribution in [2.24, 2.45) is 5.73 Å². The van der Waals surface area contributed by atoms with E-state index in [1.165, 1.54) is 0 Å². The lowest BCUT2D eigenvalue weighted by molar-refractivity contribution is 0.0623. The number of amides is 2. The maximum absolute atomic E-state index is 13.2. The quantitative estimate of drug-likeness (QED) is 0.499. The molecule has 3 heterocycles. The summed E-state index contributed by atoms with van der Waals surface area (Å²) < 4.78 is 7.21. The fourth-order valence-corrected chi connectivity index (χ4v) is 4.37. The van der Waals surface area contributed by atoms with Crippen LogP contribution in [0, 0.1) is 6.92 Å². The molecule has 1 aromatic carbocycles. The summed E-state index contributed by atoms with van der Waals surface area (Å²) in [6, 6.07) is 12.7. The number of carbonyl (C=O) groups is 3. The molecule has 35 heavy (non-hydrogen) atoms. The molecule has 1 aliphatic heterocycles. The van der Waals surface area contributed by atoms with Crippen LogP contribution in [-0.4, -0.2) is 78.8 Å². The number of furan rings is 1. The predicted octanol–water partition coefficient (Wildman–Crippen LogP) is 2.24. The van der Waals surface area contributed by atoms with Gasteiger partial charge < -0.3 is 24.5 Å². The Morgan fingerprint density at radius 3 is 2.29 bits per heavy atom. The number of rotatable bonds is 8. The molecular formula is C26H31N5O4. The minimum absolute atomic E-state index is 0.00432. The first kappa shape index (κ1) is 24.3. The Morgan fingerprint density at radius 1 is 1.03 bits per heavy atom. The number of carbonyl (C=O) groups excluding carboxylic acids is 3. The van der Waals surface area contributed by atoms with Gasteiger partial charge in [0.25, 0.3) is 11.8 Å². The number of hydrogen-bond donors (Lipinski definition) is 1. The Hall–Kier alpha value is -3.85. The first-order chi connectivity index (χ1) is 16.7. The van der Waals surface area contributed by atoms with Crippen LogP contribution in [0.2, 0.25) is 0 Å². The molecular weight excluding hydrogens is 446 g/mol. The highest BCUT2D eigenvalue weighted by Gasteiger charge is 2.26. The van der Waals surface area contributed by atoms with Crippen molar-refractivity contribution in [2.75, 3.05) is 51.7 Å². The Balaban J connectivity index is 1.40. The van der Waals surface area contributed by atoms with Crippen LogP contribution in [0.3, 0.4) is 0 Å². The molecule has 2 aromatic heterocycles. The third-order valence-electron chi connectivity index (χ3n) is 6.47. The molecule has 0 atom stereocenters.